The van der Waals surface area contributed by atoms with Crippen LogP contribution in [-0.4, -0.2) is 52.4 Å². The summed E-state index contributed by atoms with van der Waals surface area (Å²) in [6.07, 6.45) is -0.104. The second-order valence-electron chi connectivity index (χ2n) is 6.83. The number of amides is 2. The highest BCUT2D eigenvalue weighted by Gasteiger charge is 2.40. The van der Waals surface area contributed by atoms with Gasteiger partial charge in [0.15, 0.2) is 0 Å². The van der Waals surface area contributed by atoms with Crippen molar-refractivity contribution in [1.82, 2.24) is 9.47 Å². The molecule has 0 saturated carbocycles. The monoisotopic (exact) mass is 404 g/mol. The molecule has 0 aliphatic carbocycles. The van der Waals surface area contributed by atoms with Crippen LogP contribution in [0.1, 0.15) is 12.0 Å². The first kappa shape index (κ1) is 20.3. The number of nitrogens with zero attached hydrogens (tertiary/aromatic N) is 2. The summed E-state index contributed by atoms with van der Waals surface area (Å²) < 4.78 is 21.0. The van der Waals surface area contributed by atoms with E-state index in [9.17, 15) is 23.9 Å². The third-order valence-corrected chi connectivity index (χ3v) is 4.85. The molecule has 0 unspecified atom stereocenters. The second-order valence-corrected chi connectivity index (χ2v) is 6.83. The fourth-order valence-corrected chi connectivity index (χ4v) is 3.34. The number of nitrogen functional groups attached to an aromatic ring is 1. The lowest BCUT2D eigenvalue weighted by molar-refractivity contribution is -0.120. The van der Waals surface area contributed by atoms with Gasteiger partial charge in [0.2, 0.25) is 5.91 Å². The van der Waals surface area contributed by atoms with Crippen molar-refractivity contribution in [3.63, 3.8) is 0 Å². The smallest absolute Gasteiger partial charge is 0.408 e. The van der Waals surface area contributed by atoms with Gasteiger partial charge < -0.3 is 20.9 Å². The van der Waals surface area contributed by atoms with E-state index in [0.29, 0.717) is 11.3 Å². The molecule has 0 radical (unpaired) electrons. The number of halogens is 1. The minimum absolute atomic E-state index is 0.0586. The van der Waals surface area contributed by atoms with Crippen LogP contribution in [0.2, 0.25) is 0 Å². The molecule has 9 nitrogen and oxygen atoms in total. The lowest BCUT2D eigenvalue weighted by Crippen LogP contribution is -2.42. The molecule has 2 atom stereocenters. The number of nitrogens with one attached hydrogen (secondary N) is 1. The third-order valence-electron chi connectivity index (χ3n) is 4.85. The number of pyridine rings is 1. The predicted molar refractivity (Wildman–Crippen MR) is 104 cm³/mol. The molecule has 154 valence electrons. The van der Waals surface area contributed by atoms with Crippen LogP contribution in [0.25, 0.3) is 5.69 Å². The van der Waals surface area contributed by atoms with Gasteiger partial charge in [0.1, 0.15) is 11.9 Å². The topological polar surface area (TPSA) is 127 Å². The maximum atomic E-state index is 14.6. The van der Waals surface area contributed by atoms with Crippen LogP contribution in [0, 0.1) is 12.7 Å². The Kier molecular flexibility index (Phi) is 5.55. The maximum Gasteiger partial charge on any atom is 0.408 e. The molecule has 3 rings (SSSR count). The fourth-order valence-electron chi connectivity index (χ4n) is 3.34. The van der Waals surface area contributed by atoms with Gasteiger partial charge in [0.25, 0.3) is 5.56 Å². The zero-order chi connectivity index (χ0) is 21.3. The molecule has 0 spiro atoms. The molecule has 1 aliphatic rings. The average molecular weight is 404 g/mol. The number of aromatic nitrogens is 1. The van der Waals surface area contributed by atoms with Gasteiger partial charge in [0.05, 0.1) is 24.0 Å². The lowest BCUT2D eigenvalue weighted by atomic mass is 10.1. The number of methoxy groups -OCH3 is 1. The van der Waals surface area contributed by atoms with Crippen molar-refractivity contribution in [1.29, 1.82) is 0 Å². The van der Waals surface area contributed by atoms with E-state index in [4.69, 9.17) is 10.5 Å². The van der Waals surface area contributed by atoms with Gasteiger partial charge in [-0.15, -0.1) is 0 Å². The van der Waals surface area contributed by atoms with Crippen molar-refractivity contribution in [3.05, 3.63) is 52.2 Å². The first-order valence-corrected chi connectivity index (χ1v) is 8.83. The number of ether oxygens (including phenoxy) is 1. The van der Waals surface area contributed by atoms with Crippen LogP contribution in [0.5, 0.6) is 0 Å². The van der Waals surface area contributed by atoms with Crippen LogP contribution < -0.4 is 16.6 Å². The number of carboxylic acid groups (broad SMARTS) is 1. The summed E-state index contributed by atoms with van der Waals surface area (Å²) >= 11 is 0. The number of carbonyl (C=O) groups excluding carboxylic acids is 1. The summed E-state index contributed by atoms with van der Waals surface area (Å²) in [5.74, 6) is -1.43. The number of benzene rings is 1. The molecule has 2 aromatic rings. The number of anilines is 2. The Balaban J connectivity index is 1.84. The Hall–Kier alpha value is -3.40. The lowest BCUT2D eigenvalue weighted by Gasteiger charge is -2.20. The number of hydrogen-bond donors (Lipinski definition) is 3. The van der Waals surface area contributed by atoms with Gasteiger partial charge in [0, 0.05) is 37.0 Å². The van der Waals surface area contributed by atoms with Crippen molar-refractivity contribution in [3.8, 4) is 5.69 Å². The zero-order valence-corrected chi connectivity index (χ0v) is 15.9. The second kappa shape index (κ2) is 7.92. The molecular formula is C19H21FN4O5. The Bertz CT molecular complexity index is 1020. The van der Waals surface area contributed by atoms with Gasteiger partial charge in [-0.2, -0.15) is 0 Å². The Morgan fingerprint density at radius 3 is 2.69 bits per heavy atom. The molecule has 1 aromatic carbocycles. The molecule has 1 fully saturated rings. The van der Waals surface area contributed by atoms with Crippen LogP contribution in [-0.2, 0) is 9.53 Å². The molecule has 10 heteroatoms. The van der Waals surface area contributed by atoms with Crippen LogP contribution in [0.4, 0.5) is 20.6 Å². The zero-order valence-electron chi connectivity index (χ0n) is 15.9. The van der Waals surface area contributed by atoms with E-state index in [2.05, 4.69) is 5.32 Å². The molecule has 4 N–H and O–H groups in total. The number of nitrogens with two attached hydrogens (primary N) is 1. The highest BCUT2D eigenvalue weighted by Crippen LogP contribution is 2.24. The van der Waals surface area contributed by atoms with Gasteiger partial charge in [-0.25, -0.2) is 9.18 Å². The van der Waals surface area contributed by atoms with Gasteiger partial charge in [-0.3, -0.25) is 19.1 Å². The van der Waals surface area contributed by atoms with Gasteiger partial charge >= 0.3 is 6.09 Å². The minimum Gasteiger partial charge on any atom is -0.465 e. The quantitative estimate of drug-likeness (QED) is 0.710. The van der Waals surface area contributed by atoms with Crippen LogP contribution in [0.3, 0.4) is 0 Å². The number of carbonyl (C=O) groups is 2. The van der Waals surface area contributed by atoms with Crippen LogP contribution in [0.15, 0.2) is 35.3 Å². The van der Waals surface area contributed by atoms with E-state index < -0.39 is 30.0 Å². The summed E-state index contributed by atoms with van der Waals surface area (Å²) in [5, 5.41) is 11.7. The standard InChI is InChI=1S/C19H21FN4O5/c1-10-5-11(21)8-23(18(10)26)12-3-4-15(14(20)6-12)22-17(25)16-7-13(29-2)9-24(16)19(27)28/h3-6,8,13,16H,7,9,21H2,1-2H3,(H,22,25)(H,27,28)/t13-,16-/m1/s1. The largest absolute Gasteiger partial charge is 0.465 e. The van der Waals surface area contributed by atoms with E-state index >= 15 is 0 Å². The van der Waals surface area contributed by atoms with Gasteiger partial charge in [-0.1, -0.05) is 0 Å². The predicted octanol–water partition coefficient (Wildman–Crippen LogP) is 1.57. The summed E-state index contributed by atoms with van der Waals surface area (Å²) in [7, 11) is 1.43. The number of rotatable bonds is 4. The molecule has 2 amide bonds. The molecule has 1 aromatic heterocycles. The minimum atomic E-state index is -1.25. The molecule has 0 bridgehead atoms. The summed E-state index contributed by atoms with van der Waals surface area (Å²) in [5.41, 5.74) is 6.29. The Morgan fingerprint density at radius 2 is 2.07 bits per heavy atom. The summed E-state index contributed by atoms with van der Waals surface area (Å²) in [6, 6.07) is 4.39. The summed E-state index contributed by atoms with van der Waals surface area (Å²) in [6.45, 7) is 1.66. The van der Waals surface area contributed by atoms with Crippen LogP contribution >= 0.6 is 0 Å². The van der Waals surface area contributed by atoms with E-state index in [1.165, 1.54) is 36.1 Å². The Morgan fingerprint density at radius 1 is 1.34 bits per heavy atom. The van der Waals surface area contributed by atoms with Gasteiger partial charge in [-0.05, 0) is 25.1 Å². The average Bonchev–Trinajstić information content (AvgIpc) is 3.11. The maximum absolute atomic E-state index is 14.6. The van der Waals surface area contributed by atoms with E-state index in [1.807, 2.05) is 0 Å². The number of likely N-dealkylation sites (tertiary alicyclic amines) is 1. The Labute approximate surface area is 165 Å². The van der Waals surface area contributed by atoms with Crippen molar-refractivity contribution in [2.45, 2.75) is 25.5 Å². The van der Waals surface area contributed by atoms with E-state index in [-0.39, 0.29) is 29.9 Å². The molecule has 1 saturated heterocycles. The van der Waals surface area contributed by atoms with Crippen molar-refractivity contribution < 1.29 is 23.8 Å². The first-order chi connectivity index (χ1) is 13.7. The number of aryl methyl sites for hydroxylation is 1. The van der Waals surface area contributed by atoms with Crippen molar-refractivity contribution in [2.24, 2.45) is 0 Å². The first-order valence-electron chi connectivity index (χ1n) is 8.83. The number of hydrogen-bond acceptors (Lipinski definition) is 5. The summed E-state index contributed by atoms with van der Waals surface area (Å²) in [4.78, 5) is 37.1. The highest BCUT2D eigenvalue weighted by molar-refractivity contribution is 5.97. The normalized spacial score (nSPS) is 18.7. The third kappa shape index (κ3) is 4.06. The van der Waals surface area contributed by atoms with E-state index in [0.717, 1.165) is 11.0 Å². The molecule has 1 aliphatic heterocycles. The fraction of sp³-hybridized carbons (Fsp3) is 0.316. The van der Waals surface area contributed by atoms with Crippen molar-refractivity contribution in [2.75, 3.05) is 24.7 Å². The molecule has 2 heterocycles. The molecule has 29 heavy (non-hydrogen) atoms. The van der Waals surface area contributed by atoms with Crippen molar-refractivity contribution >= 4 is 23.4 Å². The van der Waals surface area contributed by atoms with E-state index in [1.54, 1.807) is 6.92 Å². The SMILES string of the molecule is CO[C@@H]1C[C@H](C(=O)Nc2ccc(-n3cc(N)cc(C)c3=O)cc2F)N(C(=O)O)C1. The molecular weight excluding hydrogens is 383 g/mol. The highest BCUT2D eigenvalue weighted by atomic mass is 19.1.